The minimum absolute atomic E-state index is 0.588. The van der Waals surface area contributed by atoms with E-state index in [1.165, 1.54) is 5.56 Å². The zero-order valence-electron chi connectivity index (χ0n) is 12.3. The van der Waals surface area contributed by atoms with Gasteiger partial charge in [0.05, 0.1) is 12.3 Å². The van der Waals surface area contributed by atoms with Crippen LogP contribution in [0.5, 0.6) is 5.75 Å². The van der Waals surface area contributed by atoms with E-state index in [-0.39, 0.29) is 0 Å². The molecule has 0 saturated heterocycles. The second-order valence-electron chi connectivity index (χ2n) is 5.00. The number of benzene rings is 2. The molecular weight excluding hydrogens is 262 g/mol. The van der Waals surface area contributed by atoms with Gasteiger partial charge in [-0.1, -0.05) is 47.6 Å². The zero-order valence-corrected chi connectivity index (χ0v) is 12.3. The average molecular weight is 283 g/mol. The van der Waals surface area contributed by atoms with Crippen LogP contribution in [0.25, 0.3) is 0 Å². The molecule has 0 spiro atoms. The maximum Gasteiger partial charge on any atom is 0.119 e. The van der Waals surface area contributed by atoms with Crippen molar-refractivity contribution in [2.24, 2.45) is 5.16 Å². The molecule has 21 heavy (non-hydrogen) atoms. The summed E-state index contributed by atoms with van der Waals surface area (Å²) in [4.78, 5) is 0. The highest BCUT2D eigenvalue weighted by Gasteiger charge is 2.00. The van der Waals surface area contributed by atoms with Crippen molar-refractivity contribution >= 4 is 5.71 Å². The molecular formula is C18H21NO2. The van der Waals surface area contributed by atoms with Gasteiger partial charge < -0.3 is 9.94 Å². The highest BCUT2D eigenvalue weighted by Crippen LogP contribution is 2.15. The molecule has 3 nitrogen and oxygen atoms in total. The van der Waals surface area contributed by atoms with Gasteiger partial charge in [-0.2, -0.15) is 0 Å². The Morgan fingerprint density at radius 2 is 1.86 bits per heavy atom. The van der Waals surface area contributed by atoms with Gasteiger partial charge in [0.25, 0.3) is 0 Å². The predicted octanol–water partition coefficient (Wildman–Crippen LogP) is 4.29. The normalized spacial score (nSPS) is 11.4. The Labute approximate surface area is 125 Å². The third-order valence-corrected chi connectivity index (χ3v) is 3.37. The molecule has 2 aromatic carbocycles. The molecule has 2 aromatic rings. The van der Waals surface area contributed by atoms with Crippen molar-refractivity contribution in [2.75, 3.05) is 6.61 Å². The first-order chi connectivity index (χ1) is 10.3. The molecule has 0 fully saturated rings. The molecule has 0 bridgehead atoms. The Balaban J connectivity index is 1.74. The number of rotatable bonds is 7. The number of oxime groups is 1. The van der Waals surface area contributed by atoms with Crippen LogP contribution in [0.2, 0.25) is 0 Å². The second kappa shape index (κ2) is 8.10. The van der Waals surface area contributed by atoms with E-state index < -0.39 is 0 Å². The second-order valence-corrected chi connectivity index (χ2v) is 5.00. The number of ether oxygens (including phenoxy) is 1. The predicted molar refractivity (Wildman–Crippen MR) is 85.3 cm³/mol. The zero-order chi connectivity index (χ0) is 14.9. The summed E-state index contributed by atoms with van der Waals surface area (Å²) in [5.74, 6) is 0.815. The summed E-state index contributed by atoms with van der Waals surface area (Å²) in [5.41, 5.74) is 2.83. The van der Waals surface area contributed by atoms with Gasteiger partial charge in [-0.25, -0.2) is 0 Å². The van der Waals surface area contributed by atoms with E-state index in [0.717, 1.165) is 30.6 Å². The first-order valence-electron chi connectivity index (χ1n) is 7.25. The fraction of sp³-hybridized carbons (Fsp3) is 0.278. The molecule has 0 aliphatic rings. The van der Waals surface area contributed by atoms with E-state index in [2.05, 4.69) is 29.4 Å². The van der Waals surface area contributed by atoms with Crippen molar-refractivity contribution in [1.29, 1.82) is 0 Å². The lowest BCUT2D eigenvalue weighted by Gasteiger charge is -2.07. The van der Waals surface area contributed by atoms with Crippen LogP contribution in [0.4, 0.5) is 0 Å². The van der Waals surface area contributed by atoms with Crippen LogP contribution < -0.4 is 4.74 Å². The number of hydrogen-bond acceptors (Lipinski definition) is 3. The van der Waals surface area contributed by atoms with Crippen molar-refractivity contribution in [2.45, 2.75) is 26.2 Å². The van der Waals surface area contributed by atoms with Gasteiger partial charge in [0, 0.05) is 5.56 Å². The quantitative estimate of drug-likeness (QED) is 0.356. The van der Waals surface area contributed by atoms with E-state index in [1.54, 1.807) is 6.92 Å². The van der Waals surface area contributed by atoms with E-state index in [1.807, 2.05) is 30.3 Å². The van der Waals surface area contributed by atoms with Crippen LogP contribution in [0.1, 0.15) is 30.9 Å². The van der Waals surface area contributed by atoms with E-state index >= 15 is 0 Å². The third kappa shape index (κ3) is 4.95. The highest BCUT2D eigenvalue weighted by atomic mass is 16.5. The molecule has 0 aliphatic heterocycles. The number of aryl methyl sites for hydroxylation is 1. The molecule has 0 aromatic heterocycles. The minimum Gasteiger partial charge on any atom is -0.494 e. The van der Waals surface area contributed by atoms with Gasteiger partial charge >= 0.3 is 0 Å². The molecule has 0 unspecified atom stereocenters. The summed E-state index contributed by atoms with van der Waals surface area (Å²) in [5, 5.41) is 12.0. The van der Waals surface area contributed by atoms with Crippen molar-refractivity contribution in [1.82, 2.24) is 0 Å². The Kier molecular flexibility index (Phi) is 5.83. The van der Waals surface area contributed by atoms with Crippen molar-refractivity contribution in [3.8, 4) is 5.75 Å². The van der Waals surface area contributed by atoms with E-state index in [4.69, 9.17) is 9.94 Å². The topological polar surface area (TPSA) is 41.8 Å². The summed E-state index contributed by atoms with van der Waals surface area (Å²) in [6.45, 7) is 2.46. The van der Waals surface area contributed by atoms with Gasteiger partial charge in [-0.15, -0.1) is 0 Å². The SMILES string of the molecule is C/C(=N/O)c1cccc(OCCCCc2ccccc2)c1. The van der Waals surface area contributed by atoms with Crippen molar-refractivity contribution in [3.63, 3.8) is 0 Å². The Morgan fingerprint density at radius 1 is 1.05 bits per heavy atom. The van der Waals surface area contributed by atoms with Crippen LogP contribution in [-0.4, -0.2) is 17.5 Å². The van der Waals surface area contributed by atoms with E-state index in [0.29, 0.717) is 12.3 Å². The monoisotopic (exact) mass is 283 g/mol. The molecule has 0 amide bonds. The molecule has 0 aliphatic carbocycles. The van der Waals surface area contributed by atoms with Crippen LogP contribution in [-0.2, 0) is 6.42 Å². The first kappa shape index (κ1) is 15.1. The maximum atomic E-state index is 8.78. The summed E-state index contributed by atoms with van der Waals surface area (Å²) in [6.07, 6.45) is 3.22. The standard InChI is InChI=1S/C18H21NO2/c1-15(19-20)17-11-7-12-18(14-17)21-13-6-5-10-16-8-3-2-4-9-16/h2-4,7-9,11-12,14,20H,5-6,10,13H2,1H3/b19-15-. The molecule has 0 saturated carbocycles. The minimum atomic E-state index is 0.588. The van der Waals surface area contributed by atoms with Crippen LogP contribution in [0.3, 0.4) is 0 Å². The molecule has 0 radical (unpaired) electrons. The molecule has 3 heteroatoms. The summed E-state index contributed by atoms with van der Waals surface area (Å²) in [6, 6.07) is 18.1. The van der Waals surface area contributed by atoms with Gasteiger partial charge in [0.15, 0.2) is 0 Å². The summed E-state index contributed by atoms with van der Waals surface area (Å²) in [7, 11) is 0. The lowest BCUT2D eigenvalue weighted by atomic mass is 10.1. The highest BCUT2D eigenvalue weighted by molar-refractivity contribution is 5.98. The molecule has 0 atom stereocenters. The van der Waals surface area contributed by atoms with Crippen LogP contribution >= 0.6 is 0 Å². The van der Waals surface area contributed by atoms with Crippen molar-refractivity contribution in [3.05, 3.63) is 65.7 Å². The lowest BCUT2D eigenvalue weighted by Crippen LogP contribution is -2.00. The van der Waals surface area contributed by atoms with Gasteiger partial charge in [-0.05, 0) is 43.9 Å². The molecule has 1 N–H and O–H groups in total. The number of hydrogen-bond donors (Lipinski definition) is 1. The fourth-order valence-corrected chi connectivity index (χ4v) is 2.13. The summed E-state index contributed by atoms with van der Waals surface area (Å²) < 4.78 is 5.74. The molecule has 110 valence electrons. The van der Waals surface area contributed by atoms with Crippen LogP contribution in [0, 0.1) is 0 Å². The number of nitrogens with zero attached hydrogens (tertiary/aromatic N) is 1. The number of unbranched alkanes of at least 4 members (excludes halogenated alkanes) is 1. The largest absolute Gasteiger partial charge is 0.494 e. The lowest BCUT2D eigenvalue weighted by molar-refractivity contribution is 0.306. The van der Waals surface area contributed by atoms with E-state index in [9.17, 15) is 0 Å². The smallest absolute Gasteiger partial charge is 0.119 e. The first-order valence-corrected chi connectivity index (χ1v) is 7.25. The Hall–Kier alpha value is -2.29. The Morgan fingerprint density at radius 3 is 2.62 bits per heavy atom. The van der Waals surface area contributed by atoms with Gasteiger partial charge in [-0.3, -0.25) is 0 Å². The van der Waals surface area contributed by atoms with Crippen LogP contribution in [0.15, 0.2) is 59.8 Å². The van der Waals surface area contributed by atoms with Gasteiger partial charge in [0.1, 0.15) is 5.75 Å². The maximum absolute atomic E-state index is 8.78. The molecule has 0 heterocycles. The third-order valence-electron chi connectivity index (χ3n) is 3.37. The summed E-state index contributed by atoms with van der Waals surface area (Å²) >= 11 is 0. The Bertz CT molecular complexity index is 579. The molecule has 2 rings (SSSR count). The fourth-order valence-electron chi connectivity index (χ4n) is 2.13. The van der Waals surface area contributed by atoms with Gasteiger partial charge in [0.2, 0.25) is 0 Å². The average Bonchev–Trinajstić information content (AvgIpc) is 2.55. The van der Waals surface area contributed by atoms with Crippen molar-refractivity contribution < 1.29 is 9.94 Å².